The molecule has 0 spiro atoms. The van der Waals surface area contributed by atoms with Gasteiger partial charge in [0.2, 0.25) is 5.91 Å². The van der Waals surface area contributed by atoms with Crippen LogP contribution in [0.2, 0.25) is 0 Å². The predicted molar refractivity (Wildman–Crippen MR) is 106 cm³/mol. The first kappa shape index (κ1) is 18.2. The van der Waals surface area contributed by atoms with Gasteiger partial charge in [-0.15, -0.1) is 5.10 Å². The number of carbonyl (C=O) groups excluding carboxylic acids is 1. The Morgan fingerprint density at radius 2 is 1.74 bits per heavy atom. The largest absolute Gasteiger partial charge is 0.381 e. The highest BCUT2D eigenvalue weighted by Crippen LogP contribution is 2.32. The van der Waals surface area contributed by atoms with Crippen LogP contribution >= 0.6 is 0 Å². The lowest BCUT2D eigenvalue weighted by atomic mass is 9.82. The van der Waals surface area contributed by atoms with E-state index in [4.69, 9.17) is 9.84 Å². The number of hydrogen-bond acceptors (Lipinski definition) is 3. The van der Waals surface area contributed by atoms with Crippen LogP contribution in [0.4, 0.5) is 5.82 Å². The first-order chi connectivity index (χ1) is 13.2. The van der Waals surface area contributed by atoms with Crippen molar-refractivity contribution < 1.29 is 9.53 Å². The van der Waals surface area contributed by atoms with Crippen LogP contribution in [0.1, 0.15) is 45.4 Å². The zero-order valence-corrected chi connectivity index (χ0v) is 16.1. The minimum Gasteiger partial charge on any atom is -0.381 e. The van der Waals surface area contributed by atoms with E-state index in [-0.39, 0.29) is 17.9 Å². The number of carbonyl (C=O) groups is 1. The average molecular weight is 367 g/mol. The molecular weight excluding hydrogens is 338 g/mol. The molecule has 0 bridgehead atoms. The monoisotopic (exact) mass is 367 g/mol. The number of anilines is 1. The molecule has 2 aliphatic rings. The first-order valence-electron chi connectivity index (χ1n) is 10.2. The highest BCUT2D eigenvalue weighted by molar-refractivity contribution is 5.94. The third-order valence-electron chi connectivity index (χ3n) is 6.00. The molecular formula is C22H29N3O2. The maximum atomic E-state index is 13.5. The van der Waals surface area contributed by atoms with Crippen molar-refractivity contribution in [1.29, 1.82) is 0 Å². The van der Waals surface area contributed by atoms with Crippen molar-refractivity contribution in [3.63, 3.8) is 0 Å². The van der Waals surface area contributed by atoms with E-state index < -0.39 is 0 Å². The SMILES string of the molecule is CC1CCC(C(=O)N(c2ccn(-c3ccccc3)n2)C2CCOCC2)CC1. The van der Waals surface area contributed by atoms with Gasteiger partial charge in [-0.05, 0) is 56.6 Å². The van der Waals surface area contributed by atoms with Crippen LogP contribution in [0.3, 0.4) is 0 Å². The molecule has 1 saturated carbocycles. The molecule has 4 rings (SSSR count). The first-order valence-corrected chi connectivity index (χ1v) is 10.2. The van der Waals surface area contributed by atoms with Gasteiger partial charge in [0, 0.05) is 37.4 Å². The second-order valence-electron chi connectivity index (χ2n) is 7.96. The van der Waals surface area contributed by atoms with Gasteiger partial charge in [0.15, 0.2) is 5.82 Å². The molecule has 1 aromatic heterocycles. The maximum absolute atomic E-state index is 13.5. The van der Waals surface area contributed by atoms with Crippen molar-refractivity contribution in [3.8, 4) is 5.69 Å². The van der Waals surface area contributed by atoms with Crippen molar-refractivity contribution >= 4 is 11.7 Å². The smallest absolute Gasteiger partial charge is 0.231 e. The van der Waals surface area contributed by atoms with Crippen molar-refractivity contribution in [2.75, 3.05) is 18.1 Å². The van der Waals surface area contributed by atoms with Crippen LogP contribution in [0.25, 0.3) is 5.69 Å². The molecule has 5 heteroatoms. The molecule has 1 aliphatic heterocycles. The van der Waals surface area contributed by atoms with Gasteiger partial charge >= 0.3 is 0 Å². The normalized spacial score (nSPS) is 23.9. The minimum absolute atomic E-state index is 0.130. The lowest BCUT2D eigenvalue weighted by Gasteiger charge is -2.36. The van der Waals surface area contributed by atoms with Crippen LogP contribution in [0.15, 0.2) is 42.6 Å². The Kier molecular flexibility index (Phi) is 5.58. The molecule has 1 aliphatic carbocycles. The lowest BCUT2D eigenvalue weighted by molar-refractivity contribution is -0.124. The third-order valence-corrected chi connectivity index (χ3v) is 6.00. The Morgan fingerprint density at radius 3 is 2.44 bits per heavy atom. The van der Waals surface area contributed by atoms with Crippen LogP contribution in [0, 0.1) is 11.8 Å². The molecule has 2 fully saturated rings. The summed E-state index contributed by atoms with van der Waals surface area (Å²) < 4.78 is 7.39. The molecule has 5 nitrogen and oxygen atoms in total. The summed E-state index contributed by atoms with van der Waals surface area (Å²) >= 11 is 0. The molecule has 2 heterocycles. The van der Waals surface area contributed by atoms with Gasteiger partial charge in [0.1, 0.15) is 0 Å². The van der Waals surface area contributed by atoms with Gasteiger partial charge in [-0.25, -0.2) is 4.68 Å². The molecule has 1 amide bonds. The number of amides is 1. The predicted octanol–water partition coefficient (Wildman–Crippen LogP) is 4.21. The molecule has 0 unspecified atom stereocenters. The van der Waals surface area contributed by atoms with Gasteiger partial charge in [-0.3, -0.25) is 9.69 Å². The number of hydrogen-bond donors (Lipinski definition) is 0. The summed E-state index contributed by atoms with van der Waals surface area (Å²) in [5.74, 6) is 1.90. The Balaban J connectivity index is 1.60. The van der Waals surface area contributed by atoms with Gasteiger partial charge in [0.05, 0.1) is 5.69 Å². The van der Waals surface area contributed by atoms with Crippen molar-refractivity contribution in [3.05, 3.63) is 42.6 Å². The van der Waals surface area contributed by atoms with Crippen LogP contribution in [-0.2, 0) is 9.53 Å². The number of para-hydroxylation sites is 1. The molecule has 2 aromatic rings. The molecule has 1 saturated heterocycles. The van der Waals surface area contributed by atoms with E-state index in [9.17, 15) is 4.79 Å². The fraction of sp³-hybridized carbons (Fsp3) is 0.545. The minimum atomic E-state index is 0.130. The van der Waals surface area contributed by atoms with E-state index in [0.717, 1.165) is 69.2 Å². The van der Waals surface area contributed by atoms with E-state index in [1.807, 2.05) is 52.2 Å². The summed E-state index contributed by atoms with van der Waals surface area (Å²) in [5, 5.41) is 4.77. The number of rotatable bonds is 4. The van der Waals surface area contributed by atoms with Gasteiger partial charge in [-0.1, -0.05) is 25.1 Å². The van der Waals surface area contributed by atoms with Crippen LogP contribution in [-0.4, -0.2) is 34.9 Å². The molecule has 0 radical (unpaired) electrons. The Labute approximate surface area is 161 Å². The van der Waals surface area contributed by atoms with E-state index in [2.05, 4.69) is 6.92 Å². The summed E-state index contributed by atoms with van der Waals surface area (Å²) in [6.07, 6.45) is 8.01. The van der Waals surface area contributed by atoms with E-state index in [1.165, 1.54) is 0 Å². The number of ether oxygens (including phenoxy) is 1. The fourth-order valence-electron chi connectivity index (χ4n) is 4.29. The third kappa shape index (κ3) is 4.08. The zero-order chi connectivity index (χ0) is 18.6. The maximum Gasteiger partial charge on any atom is 0.231 e. The van der Waals surface area contributed by atoms with Crippen molar-refractivity contribution in [2.45, 2.75) is 51.5 Å². The number of aromatic nitrogens is 2. The highest BCUT2D eigenvalue weighted by atomic mass is 16.5. The quantitative estimate of drug-likeness (QED) is 0.813. The lowest BCUT2D eigenvalue weighted by Crippen LogP contribution is -2.47. The summed E-state index contributed by atoms with van der Waals surface area (Å²) in [5.41, 5.74) is 1.01. The second kappa shape index (κ2) is 8.26. The number of nitrogens with zero attached hydrogens (tertiary/aromatic N) is 3. The molecule has 0 N–H and O–H groups in total. The molecule has 27 heavy (non-hydrogen) atoms. The van der Waals surface area contributed by atoms with Gasteiger partial charge in [-0.2, -0.15) is 0 Å². The average Bonchev–Trinajstić information content (AvgIpc) is 3.20. The summed E-state index contributed by atoms with van der Waals surface area (Å²) in [7, 11) is 0. The van der Waals surface area contributed by atoms with Crippen LogP contribution < -0.4 is 4.90 Å². The van der Waals surface area contributed by atoms with Crippen molar-refractivity contribution in [1.82, 2.24) is 9.78 Å². The Bertz CT molecular complexity index is 744. The Morgan fingerprint density at radius 1 is 1.04 bits per heavy atom. The summed E-state index contributed by atoms with van der Waals surface area (Å²) in [4.78, 5) is 15.5. The standard InChI is InChI=1S/C22H29N3O2/c1-17-7-9-18(10-8-17)22(26)25(20-12-15-27-16-13-20)21-11-14-24(23-21)19-5-3-2-4-6-19/h2-6,11,14,17-18,20H,7-10,12-13,15-16H2,1H3. The Hall–Kier alpha value is -2.14. The van der Waals surface area contributed by atoms with Crippen LogP contribution in [0.5, 0.6) is 0 Å². The van der Waals surface area contributed by atoms with Gasteiger partial charge < -0.3 is 4.74 Å². The fourth-order valence-corrected chi connectivity index (χ4v) is 4.29. The topological polar surface area (TPSA) is 47.4 Å². The summed E-state index contributed by atoms with van der Waals surface area (Å²) in [6.45, 7) is 3.73. The van der Waals surface area contributed by atoms with E-state index in [0.29, 0.717) is 0 Å². The second-order valence-corrected chi connectivity index (χ2v) is 7.96. The molecule has 1 aromatic carbocycles. The van der Waals surface area contributed by atoms with E-state index in [1.54, 1.807) is 0 Å². The van der Waals surface area contributed by atoms with Crippen molar-refractivity contribution in [2.24, 2.45) is 11.8 Å². The summed E-state index contributed by atoms with van der Waals surface area (Å²) in [6, 6.07) is 12.2. The molecule has 0 atom stereocenters. The molecule has 144 valence electrons. The zero-order valence-electron chi connectivity index (χ0n) is 16.1. The highest BCUT2D eigenvalue weighted by Gasteiger charge is 2.34. The van der Waals surface area contributed by atoms with E-state index >= 15 is 0 Å². The number of benzene rings is 1. The van der Waals surface area contributed by atoms with Gasteiger partial charge in [0.25, 0.3) is 0 Å².